The zero-order valence-corrected chi connectivity index (χ0v) is 12.0. The van der Waals surface area contributed by atoms with Gasteiger partial charge in [0.15, 0.2) is 0 Å². The predicted molar refractivity (Wildman–Crippen MR) is 50.5 cm³/mol. The van der Waals surface area contributed by atoms with Gasteiger partial charge in [-0.25, -0.2) is 13.2 Å². The second-order valence-electron chi connectivity index (χ2n) is 2.95. The van der Waals surface area contributed by atoms with Gasteiger partial charge in [-0.15, -0.1) is 0 Å². The van der Waals surface area contributed by atoms with Crippen LogP contribution in [-0.2, 0) is 14.9 Å². The Kier molecular flexibility index (Phi) is 5.64. The van der Waals surface area contributed by atoms with E-state index >= 15 is 0 Å². The number of carbonyl (C=O) groups excluding carboxylic acids is 1. The molecule has 1 rings (SSSR count). The molecule has 1 aromatic rings. The number of benzene rings is 1. The molecule has 0 aliphatic carbocycles. The number of ether oxygens (including phenoxy) is 1. The number of methoxy groups -OCH3 is 1. The van der Waals surface area contributed by atoms with Crippen molar-refractivity contribution in [2.75, 3.05) is 7.11 Å². The average molecular weight is 252 g/mol. The Labute approximate surface area is 116 Å². The molecule has 1 aromatic carbocycles. The van der Waals surface area contributed by atoms with E-state index in [4.69, 9.17) is 0 Å². The number of rotatable bonds is 2. The number of esters is 1. The third-order valence-electron chi connectivity index (χ3n) is 1.81. The van der Waals surface area contributed by atoms with Crippen molar-refractivity contribution in [1.29, 1.82) is 0 Å². The first-order valence-electron chi connectivity index (χ1n) is 4.01. The number of carbonyl (C=O) groups is 1. The molecule has 0 N–H and O–H groups in total. The molecule has 0 saturated heterocycles. The van der Waals surface area contributed by atoms with Gasteiger partial charge in [-0.1, -0.05) is 6.07 Å². The summed E-state index contributed by atoms with van der Waals surface area (Å²) in [4.78, 5) is 10.6. The number of hydrogen-bond donors (Lipinski definition) is 0. The van der Waals surface area contributed by atoms with Gasteiger partial charge in [-0.2, -0.15) is 0 Å². The molecule has 5 nitrogen and oxygen atoms in total. The summed E-state index contributed by atoms with van der Waals surface area (Å²) in [7, 11) is -3.55. The molecule has 0 bridgehead atoms. The summed E-state index contributed by atoms with van der Waals surface area (Å²) in [5.41, 5.74) is 0.343. The molecule has 0 aliphatic rings. The third-order valence-corrected chi connectivity index (χ3v) is 2.69. The minimum atomic E-state index is -4.66. The topological polar surface area (TPSA) is 83.5 Å². The molecule has 0 aliphatic heterocycles. The summed E-state index contributed by atoms with van der Waals surface area (Å²) in [5.74, 6) is -0.843. The summed E-state index contributed by atoms with van der Waals surface area (Å²) >= 11 is 0. The monoisotopic (exact) mass is 252 g/mol. The standard InChI is InChI=1S/C9H10O5S.Na/c1-6-3-4-7(9(10)14-2)8(5-6)15(11,12)13;/h3-5H,1-2H3,(H,11,12,13);/q;+1/p-1. The van der Waals surface area contributed by atoms with Crippen LogP contribution in [0.2, 0.25) is 0 Å². The molecule has 0 fully saturated rings. The zero-order valence-electron chi connectivity index (χ0n) is 9.18. The van der Waals surface area contributed by atoms with Gasteiger partial charge in [0.25, 0.3) is 0 Å². The molecule has 0 aromatic heterocycles. The van der Waals surface area contributed by atoms with Crippen molar-refractivity contribution in [2.24, 2.45) is 0 Å². The Morgan fingerprint density at radius 3 is 2.38 bits per heavy atom. The van der Waals surface area contributed by atoms with Gasteiger partial charge >= 0.3 is 35.5 Å². The summed E-state index contributed by atoms with van der Waals surface area (Å²) < 4.78 is 37.0. The fourth-order valence-electron chi connectivity index (χ4n) is 1.11. The van der Waals surface area contributed by atoms with Crippen LogP contribution in [0, 0.1) is 6.92 Å². The third kappa shape index (κ3) is 3.57. The van der Waals surface area contributed by atoms with Gasteiger partial charge in [0.2, 0.25) is 0 Å². The van der Waals surface area contributed by atoms with Gasteiger partial charge < -0.3 is 9.29 Å². The Morgan fingerprint density at radius 2 is 1.94 bits per heavy atom. The predicted octanol–water partition coefficient (Wildman–Crippen LogP) is -2.31. The van der Waals surface area contributed by atoms with Crippen LogP contribution in [0.3, 0.4) is 0 Å². The number of hydrogen-bond acceptors (Lipinski definition) is 5. The van der Waals surface area contributed by atoms with E-state index in [9.17, 15) is 17.8 Å². The molecule has 0 unspecified atom stereocenters. The van der Waals surface area contributed by atoms with Crippen molar-refractivity contribution in [1.82, 2.24) is 0 Å². The van der Waals surface area contributed by atoms with Crippen molar-refractivity contribution < 1.29 is 52.1 Å². The second kappa shape index (κ2) is 5.79. The quantitative estimate of drug-likeness (QED) is 0.335. The van der Waals surface area contributed by atoms with Gasteiger partial charge in [-0.05, 0) is 24.6 Å². The average Bonchev–Trinajstić information content (AvgIpc) is 2.15. The van der Waals surface area contributed by atoms with Gasteiger partial charge in [0.1, 0.15) is 10.1 Å². The molecule has 0 radical (unpaired) electrons. The molecule has 7 heteroatoms. The minimum Gasteiger partial charge on any atom is -0.744 e. The Balaban J connectivity index is 0.00000225. The maximum atomic E-state index is 11.2. The molecule has 0 atom stereocenters. The molecule has 0 heterocycles. The van der Waals surface area contributed by atoms with Crippen LogP contribution in [0.4, 0.5) is 0 Å². The second-order valence-corrected chi connectivity index (χ2v) is 4.29. The van der Waals surface area contributed by atoms with E-state index in [0.29, 0.717) is 5.56 Å². The molecule has 0 saturated carbocycles. The molecular formula is C9H9NaO5S. The van der Waals surface area contributed by atoms with Gasteiger partial charge in [-0.3, -0.25) is 0 Å². The molecule has 0 spiro atoms. The van der Waals surface area contributed by atoms with Crippen molar-refractivity contribution in [3.8, 4) is 0 Å². The Hall–Kier alpha value is -0.400. The van der Waals surface area contributed by atoms with Crippen LogP contribution in [0.15, 0.2) is 23.1 Å². The number of aryl methyl sites for hydroxylation is 1. The fourth-order valence-corrected chi connectivity index (χ4v) is 1.87. The van der Waals surface area contributed by atoms with Crippen molar-refractivity contribution in [3.05, 3.63) is 29.3 Å². The van der Waals surface area contributed by atoms with Crippen LogP contribution >= 0.6 is 0 Å². The molecule has 0 amide bonds. The van der Waals surface area contributed by atoms with E-state index in [1.165, 1.54) is 12.1 Å². The van der Waals surface area contributed by atoms with Crippen LogP contribution in [0.5, 0.6) is 0 Å². The van der Waals surface area contributed by atoms with E-state index < -0.39 is 21.0 Å². The normalized spacial score (nSPS) is 10.4. The summed E-state index contributed by atoms with van der Waals surface area (Å²) in [6.45, 7) is 1.62. The van der Waals surface area contributed by atoms with Gasteiger partial charge in [0.05, 0.1) is 17.6 Å². The van der Waals surface area contributed by atoms with Crippen LogP contribution < -0.4 is 29.6 Å². The molecular weight excluding hydrogens is 243 g/mol. The maximum Gasteiger partial charge on any atom is 1.00 e. The van der Waals surface area contributed by atoms with E-state index in [2.05, 4.69) is 4.74 Å². The van der Waals surface area contributed by atoms with Crippen molar-refractivity contribution in [3.63, 3.8) is 0 Å². The van der Waals surface area contributed by atoms with Crippen LogP contribution in [0.25, 0.3) is 0 Å². The smallest absolute Gasteiger partial charge is 0.744 e. The molecule has 16 heavy (non-hydrogen) atoms. The maximum absolute atomic E-state index is 11.2. The summed E-state index contributed by atoms with van der Waals surface area (Å²) in [6, 6.07) is 3.93. The first kappa shape index (κ1) is 15.6. The van der Waals surface area contributed by atoms with Gasteiger partial charge in [0, 0.05) is 0 Å². The minimum absolute atomic E-state index is 0. The summed E-state index contributed by atoms with van der Waals surface area (Å²) in [5, 5.41) is 0. The van der Waals surface area contributed by atoms with Crippen LogP contribution in [0.1, 0.15) is 15.9 Å². The van der Waals surface area contributed by atoms with E-state index in [1.807, 2.05) is 0 Å². The first-order valence-corrected chi connectivity index (χ1v) is 5.42. The van der Waals surface area contributed by atoms with E-state index in [0.717, 1.165) is 13.2 Å². The van der Waals surface area contributed by atoms with Crippen molar-refractivity contribution in [2.45, 2.75) is 11.8 Å². The SMILES string of the molecule is COC(=O)c1ccc(C)cc1S(=O)(=O)[O-].[Na+]. The summed E-state index contributed by atoms with van der Waals surface area (Å²) in [6.07, 6.45) is 0. The van der Waals surface area contributed by atoms with Crippen molar-refractivity contribution >= 4 is 16.1 Å². The zero-order chi connectivity index (χ0) is 11.6. The van der Waals surface area contributed by atoms with E-state index in [1.54, 1.807) is 6.92 Å². The Bertz CT molecular complexity index is 495. The first-order chi connectivity index (χ1) is 6.86. The largest absolute Gasteiger partial charge is 1.00 e. The fraction of sp³-hybridized carbons (Fsp3) is 0.222. The molecule has 82 valence electrons. The van der Waals surface area contributed by atoms with E-state index in [-0.39, 0.29) is 35.1 Å². The Morgan fingerprint density at radius 1 is 1.38 bits per heavy atom. The van der Waals surface area contributed by atoms with Crippen LogP contribution in [-0.4, -0.2) is 26.0 Å².